The van der Waals surface area contributed by atoms with Crippen molar-refractivity contribution < 1.29 is 0 Å². The molecule has 2 heterocycles. The van der Waals surface area contributed by atoms with Crippen LogP contribution in [0.15, 0.2) is 10.7 Å². The van der Waals surface area contributed by atoms with Gasteiger partial charge in [0, 0.05) is 24.0 Å². The summed E-state index contributed by atoms with van der Waals surface area (Å²) >= 11 is 5.53. The number of thioether (sulfide) groups is 1. The van der Waals surface area contributed by atoms with E-state index in [0.29, 0.717) is 10.7 Å². The average Bonchev–Trinajstić information content (AvgIpc) is 2.78. The molecule has 1 unspecified atom stereocenters. The third-order valence-corrected chi connectivity index (χ3v) is 5.13. The normalized spacial score (nSPS) is 23.1. The molecule has 0 aliphatic carbocycles. The highest BCUT2D eigenvalue weighted by molar-refractivity contribution is 9.10. The average molecular weight is 331 g/mol. The molecule has 18 heavy (non-hydrogen) atoms. The zero-order chi connectivity index (χ0) is 13.0. The van der Waals surface area contributed by atoms with Crippen LogP contribution in [0.5, 0.6) is 0 Å². The lowest BCUT2D eigenvalue weighted by molar-refractivity contribution is 0.633. The molecule has 0 aromatic carbocycles. The number of hydrogen-bond acceptors (Lipinski definition) is 5. The smallest absolute Gasteiger partial charge is 0.224 e. The number of nitrogens with zero attached hydrogens (tertiary/aromatic N) is 2. The molecule has 1 aliphatic heterocycles. The lowest BCUT2D eigenvalue weighted by Gasteiger charge is -2.23. The van der Waals surface area contributed by atoms with Gasteiger partial charge in [0.2, 0.25) is 5.95 Å². The molecule has 100 valence electrons. The first-order valence-electron chi connectivity index (χ1n) is 6.27. The van der Waals surface area contributed by atoms with Gasteiger partial charge in [0.05, 0.1) is 4.47 Å². The molecule has 0 amide bonds. The van der Waals surface area contributed by atoms with Gasteiger partial charge in [-0.2, -0.15) is 16.7 Å². The molecule has 2 N–H and O–H groups in total. The predicted molar refractivity (Wildman–Crippen MR) is 82.5 cm³/mol. The number of aromatic nitrogens is 2. The van der Waals surface area contributed by atoms with Crippen LogP contribution in [-0.2, 0) is 0 Å². The van der Waals surface area contributed by atoms with Crippen molar-refractivity contribution in [2.75, 3.05) is 29.5 Å². The van der Waals surface area contributed by atoms with Gasteiger partial charge >= 0.3 is 0 Å². The van der Waals surface area contributed by atoms with Gasteiger partial charge in [0.1, 0.15) is 5.82 Å². The first-order chi connectivity index (χ1) is 8.63. The maximum Gasteiger partial charge on any atom is 0.224 e. The van der Waals surface area contributed by atoms with Gasteiger partial charge in [-0.1, -0.05) is 0 Å². The van der Waals surface area contributed by atoms with Gasteiger partial charge in [-0.05, 0) is 48.4 Å². The highest BCUT2D eigenvalue weighted by atomic mass is 79.9. The van der Waals surface area contributed by atoms with Crippen molar-refractivity contribution in [3.63, 3.8) is 0 Å². The molecular weight excluding hydrogens is 312 g/mol. The van der Waals surface area contributed by atoms with Gasteiger partial charge in [0.15, 0.2) is 0 Å². The third kappa shape index (κ3) is 3.51. The van der Waals surface area contributed by atoms with E-state index in [-0.39, 0.29) is 0 Å². The van der Waals surface area contributed by atoms with E-state index in [2.05, 4.69) is 43.5 Å². The van der Waals surface area contributed by atoms with Crippen LogP contribution in [0.3, 0.4) is 0 Å². The first kappa shape index (κ1) is 13.9. The number of rotatable bonds is 5. The Balaban J connectivity index is 2.01. The summed E-state index contributed by atoms with van der Waals surface area (Å²) in [6, 6.07) is 0. The Labute approximate surface area is 121 Å². The highest BCUT2D eigenvalue weighted by Gasteiger charge is 2.29. The summed E-state index contributed by atoms with van der Waals surface area (Å²) < 4.78 is 1.25. The van der Waals surface area contributed by atoms with Crippen LogP contribution in [0.25, 0.3) is 0 Å². The second kappa shape index (κ2) is 6.10. The molecule has 6 heteroatoms. The zero-order valence-electron chi connectivity index (χ0n) is 10.8. The lowest BCUT2D eigenvalue weighted by Crippen LogP contribution is -2.27. The quantitative estimate of drug-likeness (QED) is 0.866. The minimum Gasteiger partial charge on any atom is -0.368 e. The van der Waals surface area contributed by atoms with Crippen LogP contribution in [0.4, 0.5) is 11.8 Å². The van der Waals surface area contributed by atoms with Crippen LogP contribution >= 0.6 is 27.7 Å². The van der Waals surface area contributed by atoms with E-state index in [4.69, 9.17) is 0 Å². The van der Waals surface area contributed by atoms with Gasteiger partial charge in [-0.3, -0.25) is 0 Å². The topological polar surface area (TPSA) is 49.8 Å². The Hall–Kier alpha value is -0.490. The molecule has 1 atom stereocenters. The summed E-state index contributed by atoms with van der Waals surface area (Å²) in [6.07, 6.45) is 4.38. The van der Waals surface area contributed by atoms with E-state index in [1.165, 1.54) is 18.6 Å². The van der Waals surface area contributed by atoms with Crippen molar-refractivity contribution in [2.24, 2.45) is 0 Å². The summed E-state index contributed by atoms with van der Waals surface area (Å²) in [7, 11) is 0. The Kier molecular flexibility index (Phi) is 4.72. The number of halogens is 1. The van der Waals surface area contributed by atoms with Crippen LogP contribution in [0.2, 0.25) is 0 Å². The van der Waals surface area contributed by atoms with Gasteiger partial charge < -0.3 is 10.6 Å². The Morgan fingerprint density at radius 3 is 3.00 bits per heavy atom. The fraction of sp³-hybridized carbons (Fsp3) is 0.667. The van der Waals surface area contributed by atoms with Crippen molar-refractivity contribution in [3.05, 3.63) is 10.7 Å². The molecular formula is C12H19BrN4S. The number of anilines is 2. The molecule has 1 aliphatic rings. The van der Waals surface area contributed by atoms with Crippen molar-refractivity contribution in [1.29, 1.82) is 0 Å². The summed E-state index contributed by atoms with van der Waals surface area (Å²) in [5, 5.41) is 6.56. The molecule has 1 saturated heterocycles. The van der Waals surface area contributed by atoms with Crippen LogP contribution in [-0.4, -0.2) is 33.6 Å². The van der Waals surface area contributed by atoms with E-state index in [1.807, 2.05) is 18.7 Å². The lowest BCUT2D eigenvalue weighted by atomic mass is 10.1. The van der Waals surface area contributed by atoms with Crippen LogP contribution < -0.4 is 10.6 Å². The van der Waals surface area contributed by atoms with Gasteiger partial charge in [-0.15, -0.1) is 0 Å². The molecule has 0 radical (unpaired) electrons. The van der Waals surface area contributed by atoms with E-state index >= 15 is 0 Å². The molecule has 2 rings (SSSR count). The van der Waals surface area contributed by atoms with E-state index in [9.17, 15) is 0 Å². The van der Waals surface area contributed by atoms with E-state index in [1.54, 1.807) is 6.20 Å². The Bertz CT molecular complexity index is 407. The summed E-state index contributed by atoms with van der Waals surface area (Å²) in [5.41, 5.74) is 0. The second-order valence-electron chi connectivity index (χ2n) is 4.68. The van der Waals surface area contributed by atoms with Crippen molar-refractivity contribution in [3.8, 4) is 0 Å². The summed E-state index contributed by atoms with van der Waals surface area (Å²) in [4.78, 5) is 8.68. The summed E-state index contributed by atoms with van der Waals surface area (Å²) in [6.45, 7) is 6.13. The summed E-state index contributed by atoms with van der Waals surface area (Å²) in [5.74, 6) is 2.81. The molecule has 1 aromatic heterocycles. The maximum absolute atomic E-state index is 4.46. The molecule has 4 nitrogen and oxygen atoms in total. The molecule has 0 bridgehead atoms. The maximum atomic E-state index is 4.46. The van der Waals surface area contributed by atoms with Gasteiger partial charge in [-0.25, -0.2) is 4.98 Å². The second-order valence-corrected chi connectivity index (χ2v) is 7.21. The minimum absolute atomic E-state index is 0.336. The van der Waals surface area contributed by atoms with Crippen LogP contribution in [0.1, 0.15) is 26.7 Å². The molecule has 0 spiro atoms. The van der Waals surface area contributed by atoms with Gasteiger partial charge in [0.25, 0.3) is 0 Å². The molecule has 1 aromatic rings. The number of hydrogen-bond donors (Lipinski definition) is 2. The monoisotopic (exact) mass is 330 g/mol. The SMILES string of the molecule is CCNc1ncc(Br)c(NCC2(C)CCCS2)n1. The number of nitrogens with one attached hydrogen (secondary N) is 2. The van der Waals surface area contributed by atoms with E-state index in [0.717, 1.165) is 23.4 Å². The highest BCUT2D eigenvalue weighted by Crippen LogP contribution is 2.38. The largest absolute Gasteiger partial charge is 0.368 e. The zero-order valence-corrected chi connectivity index (χ0v) is 13.2. The van der Waals surface area contributed by atoms with Crippen molar-refractivity contribution in [2.45, 2.75) is 31.4 Å². The molecule has 0 saturated carbocycles. The Morgan fingerprint density at radius 1 is 1.50 bits per heavy atom. The van der Waals surface area contributed by atoms with E-state index < -0.39 is 0 Å². The van der Waals surface area contributed by atoms with Crippen LogP contribution in [0, 0.1) is 0 Å². The standard InChI is InChI=1S/C12H19BrN4S/c1-3-14-11-15-7-9(13)10(17-11)16-8-12(2)5-4-6-18-12/h7H,3-6,8H2,1-2H3,(H2,14,15,16,17). The fourth-order valence-electron chi connectivity index (χ4n) is 1.98. The minimum atomic E-state index is 0.336. The third-order valence-electron chi connectivity index (χ3n) is 3.01. The predicted octanol–water partition coefficient (Wildman–Crippen LogP) is 3.37. The Morgan fingerprint density at radius 2 is 2.33 bits per heavy atom. The first-order valence-corrected chi connectivity index (χ1v) is 8.05. The van der Waals surface area contributed by atoms with Crippen molar-refractivity contribution >= 4 is 39.5 Å². The molecule has 1 fully saturated rings. The fourth-order valence-corrected chi connectivity index (χ4v) is 3.56. The van der Waals surface area contributed by atoms with Crippen molar-refractivity contribution in [1.82, 2.24) is 9.97 Å².